The average molecular weight is 430 g/mol. The Kier molecular flexibility index (Phi) is 6.36. The van der Waals surface area contributed by atoms with Gasteiger partial charge in [-0.15, -0.1) is 0 Å². The van der Waals surface area contributed by atoms with Crippen LogP contribution in [0.2, 0.25) is 0 Å². The minimum atomic E-state index is -3.79. The minimum absolute atomic E-state index is 0.104. The maximum Gasteiger partial charge on any atom is 0.275 e. The van der Waals surface area contributed by atoms with E-state index in [1.807, 2.05) is 6.92 Å². The van der Waals surface area contributed by atoms with Crippen molar-refractivity contribution in [1.82, 2.24) is 19.9 Å². The number of imidazole rings is 1. The van der Waals surface area contributed by atoms with Crippen LogP contribution in [0.25, 0.3) is 0 Å². The zero-order chi connectivity index (χ0) is 21.7. The Labute approximate surface area is 174 Å². The second kappa shape index (κ2) is 8.95. The van der Waals surface area contributed by atoms with Gasteiger partial charge in [-0.3, -0.25) is 14.3 Å². The largest absolute Gasteiger partial charge is 0.349 e. The Morgan fingerprint density at radius 1 is 1.13 bits per heavy atom. The first kappa shape index (κ1) is 21.3. The first-order valence-corrected chi connectivity index (χ1v) is 10.9. The maximum atomic E-state index is 12.8. The van der Waals surface area contributed by atoms with Crippen LogP contribution in [0.4, 0.5) is 5.69 Å². The molecule has 0 spiro atoms. The summed E-state index contributed by atoms with van der Waals surface area (Å²) in [4.78, 5) is 32.1. The third kappa shape index (κ3) is 5.35. The molecule has 2 aromatic heterocycles. The SMILES string of the molecule is Cc1[nH]cnc1CNC(=O)Cn1c(C)ccc(NS(=O)(=O)Cc2ccccc2)c1=O. The number of benzene rings is 1. The summed E-state index contributed by atoms with van der Waals surface area (Å²) in [6, 6.07) is 11.7. The number of rotatable bonds is 8. The summed E-state index contributed by atoms with van der Waals surface area (Å²) in [5.41, 5.74) is 2.00. The van der Waals surface area contributed by atoms with Crippen LogP contribution >= 0.6 is 0 Å². The van der Waals surface area contributed by atoms with Crippen molar-refractivity contribution >= 4 is 21.6 Å². The molecule has 0 aliphatic carbocycles. The molecule has 158 valence electrons. The highest BCUT2D eigenvalue weighted by Gasteiger charge is 2.16. The fourth-order valence-corrected chi connectivity index (χ4v) is 4.08. The number of nitrogens with zero attached hydrogens (tertiary/aromatic N) is 2. The Hall–Kier alpha value is -3.40. The van der Waals surface area contributed by atoms with Gasteiger partial charge in [0.15, 0.2) is 0 Å². The topological polar surface area (TPSA) is 126 Å². The van der Waals surface area contributed by atoms with Crippen molar-refractivity contribution in [1.29, 1.82) is 0 Å². The van der Waals surface area contributed by atoms with E-state index in [2.05, 4.69) is 20.0 Å². The standard InChI is InChI=1S/C20H23N5O4S/c1-14-8-9-17(24-30(28,29)12-16-6-4-3-5-7-16)20(27)25(14)11-19(26)21-10-18-15(2)22-13-23-18/h3-9,13,24H,10-12H2,1-2H3,(H,21,26)(H,22,23). The summed E-state index contributed by atoms with van der Waals surface area (Å²) in [5.74, 6) is -0.642. The predicted octanol–water partition coefficient (Wildman–Crippen LogP) is 1.45. The number of nitrogens with one attached hydrogen (secondary N) is 3. The van der Waals surface area contributed by atoms with Crippen molar-refractivity contribution in [2.24, 2.45) is 0 Å². The van der Waals surface area contributed by atoms with E-state index in [1.165, 1.54) is 17.0 Å². The van der Waals surface area contributed by atoms with Gasteiger partial charge in [-0.05, 0) is 31.5 Å². The lowest BCUT2D eigenvalue weighted by atomic mass is 10.2. The van der Waals surface area contributed by atoms with Crippen molar-refractivity contribution in [3.05, 3.63) is 81.8 Å². The summed E-state index contributed by atoms with van der Waals surface area (Å²) < 4.78 is 28.5. The predicted molar refractivity (Wildman–Crippen MR) is 113 cm³/mol. The molecule has 0 fully saturated rings. The highest BCUT2D eigenvalue weighted by molar-refractivity contribution is 7.91. The van der Waals surface area contributed by atoms with E-state index in [4.69, 9.17) is 0 Å². The van der Waals surface area contributed by atoms with Gasteiger partial charge in [0.2, 0.25) is 15.9 Å². The zero-order valence-corrected chi connectivity index (χ0v) is 17.5. The second-order valence-electron chi connectivity index (χ2n) is 6.88. The molecule has 30 heavy (non-hydrogen) atoms. The number of pyridine rings is 1. The molecule has 0 saturated heterocycles. The van der Waals surface area contributed by atoms with Crippen molar-refractivity contribution in [2.75, 3.05) is 4.72 Å². The number of aromatic amines is 1. The molecule has 0 unspecified atom stereocenters. The van der Waals surface area contributed by atoms with Crippen LogP contribution in [-0.4, -0.2) is 28.9 Å². The fourth-order valence-electron chi connectivity index (χ4n) is 2.89. The molecule has 1 aromatic carbocycles. The van der Waals surface area contributed by atoms with Gasteiger partial charge in [0.05, 0.1) is 24.3 Å². The van der Waals surface area contributed by atoms with Gasteiger partial charge in [0.1, 0.15) is 12.2 Å². The Morgan fingerprint density at radius 2 is 1.87 bits per heavy atom. The van der Waals surface area contributed by atoms with Crippen LogP contribution in [0, 0.1) is 13.8 Å². The van der Waals surface area contributed by atoms with Gasteiger partial charge in [-0.1, -0.05) is 30.3 Å². The number of anilines is 1. The molecule has 0 bridgehead atoms. The number of carbonyl (C=O) groups excluding carboxylic acids is 1. The van der Waals surface area contributed by atoms with Crippen molar-refractivity contribution < 1.29 is 13.2 Å². The lowest BCUT2D eigenvalue weighted by molar-refractivity contribution is -0.121. The van der Waals surface area contributed by atoms with E-state index in [0.717, 1.165) is 5.69 Å². The molecular formula is C20H23N5O4S. The Bertz CT molecular complexity index is 1200. The van der Waals surface area contributed by atoms with E-state index in [9.17, 15) is 18.0 Å². The summed E-state index contributed by atoms with van der Waals surface area (Å²) >= 11 is 0. The van der Waals surface area contributed by atoms with Gasteiger partial charge >= 0.3 is 0 Å². The van der Waals surface area contributed by atoms with Crippen LogP contribution < -0.4 is 15.6 Å². The second-order valence-corrected chi connectivity index (χ2v) is 8.60. The molecule has 0 atom stereocenters. The number of amides is 1. The number of carbonyl (C=O) groups is 1. The number of aromatic nitrogens is 3. The van der Waals surface area contributed by atoms with E-state index in [0.29, 0.717) is 17.0 Å². The third-order valence-corrected chi connectivity index (χ3v) is 5.79. The number of hydrogen-bond acceptors (Lipinski definition) is 5. The summed E-state index contributed by atoms with van der Waals surface area (Å²) in [7, 11) is -3.79. The highest BCUT2D eigenvalue weighted by Crippen LogP contribution is 2.10. The molecule has 0 radical (unpaired) electrons. The number of aryl methyl sites for hydroxylation is 2. The maximum absolute atomic E-state index is 12.8. The number of sulfonamides is 1. The molecule has 3 N–H and O–H groups in total. The molecule has 10 heteroatoms. The quantitative estimate of drug-likeness (QED) is 0.500. The molecule has 2 heterocycles. The van der Waals surface area contributed by atoms with Crippen LogP contribution in [0.15, 0.2) is 53.6 Å². The van der Waals surface area contributed by atoms with E-state index >= 15 is 0 Å². The summed E-state index contributed by atoms with van der Waals surface area (Å²) in [6.45, 7) is 3.51. The summed E-state index contributed by atoms with van der Waals surface area (Å²) in [5, 5.41) is 2.71. The summed E-state index contributed by atoms with van der Waals surface area (Å²) in [6.07, 6.45) is 1.54. The average Bonchev–Trinajstić information content (AvgIpc) is 3.11. The van der Waals surface area contributed by atoms with Crippen molar-refractivity contribution in [3.8, 4) is 0 Å². The van der Waals surface area contributed by atoms with Crippen LogP contribution in [0.1, 0.15) is 22.6 Å². The fraction of sp³-hybridized carbons (Fsp3) is 0.250. The normalized spacial score (nSPS) is 11.3. The van der Waals surface area contributed by atoms with E-state index in [-0.39, 0.29) is 30.4 Å². The van der Waals surface area contributed by atoms with Gasteiger partial charge in [-0.2, -0.15) is 0 Å². The number of H-pyrrole nitrogens is 1. The highest BCUT2D eigenvalue weighted by atomic mass is 32.2. The van der Waals surface area contributed by atoms with Crippen LogP contribution in [0.5, 0.6) is 0 Å². The van der Waals surface area contributed by atoms with E-state index in [1.54, 1.807) is 43.3 Å². The van der Waals surface area contributed by atoms with Gasteiger partial charge in [0, 0.05) is 11.4 Å². The molecule has 0 saturated carbocycles. The van der Waals surface area contributed by atoms with Gasteiger partial charge in [-0.25, -0.2) is 13.4 Å². The van der Waals surface area contributed by atoms with Crippen LogP contribution in [0.3, 0.4) is 0 Å². The van der Waals surface area contributed by atoms with Crippen LogP contribution in [-0.2, 0) is 33.7 Å². The van der Waals surface area contributed by atoms with Crippen molar-refractivity contribution in [3.63, 3.8) is 0 Å². The molecule has 3 rings (SSSR count). The number of hydrogen-bond donors (Lipinski definition) is 3. The Balaban J connectivity index is 1.72. The first-order chi connectivity index (χ1) is 14.2. The lowest BCUT2D eigenvalue weighted by Gasteiger charge is -2.13. The lowest BCUT2D eigenvalue weighted by Crippen LogP contribution is -2.34. The zero-order valence-electron chi connectivity index (χ0n) is 16.7. The molecule has 9 nitrogen and oxygen atoms in total. The molecular weight excluding hydrogens is 406 g/mol. The molecule has 0 aliphatic heterocycles. The molecule has 0 aliphatic rings. The smallest absolute Gasteiger partial charge is 0.275 e. The molecule has 1 amide bonds. The first-order valence-electron chi connectivity index (χ1n) is 9.25. The van der Waals surface area contributed by atoms with Gasteiger partial charge in [0.25, 0.3) is 5.56 Å². The Morgan fingerprint density at radius 3 is 2.53 bits per heavy atom. The van der Waals surface area contributed by atoms with Crippen molar-refractivity contribution in [2.45, 2.75) is 32.7 Å². The molecule has 3 aromatic rings. The minimum Gasteiger partial charge on any atom is -0.349 e. The van der Waals surface area contributed by atoms with Gasteiger partial charge < -0.3 is 14.9 Å². The third-order valence-electron chi connectivity index (χ3n) is 4.55. The van der Waals surface area contributed by atoms with E-state index < -0.39 is 15.6 Å². The monoisotopic (exact) mass is 429 g/mol.